The van der Waals surface area contributed by atoms with Crippen LogP contribution >= 0.6 is 12.2 Å². The van der Waals surface area contributed by atoms with E-state index in [0.29, 0.717) is 5.56 Å². The van der Waals surface area contributed by atoms with E-state index in [0.717, 1.165) is 6.07 Å². The quantitative estimate of drug-likeness (QED) is 0.725. The Balaban J connectivity index is 2.28. The SMILES string of the molecule is FC(F)(F)c1ccccc1-n1c(-c2cccnc2)n[nH]c1=S. The van der Waals surface area contributed by atoms with E-state index in [1.807, 2.05) is 0 Å². The second-order valence-corrected chi connectivity index (χ2v) is 4.83. The van der Waals surface area contributed by atoms with E-state index in [4.69, 9.17) is 12.2 Å². The molecule has 8 heteroatoms. The average molecular weight is 322 g/mol. The van der Waals surface area contributed by atoms with Gasteiger partial charge in [0.2, 0.25) is 0 Å². The van der Waals surface area contributed by atoms with Crippen molar-refractivity contribution in [2.75, 3.05) is 0 Å². The molecule has 4 nitrogen and oxygen atoms in total. The van der Waals surface area contributed by atoms with Crippen LogP contribution < -0.4 is 0 Å². The molecule has 22 heavy (non-hydrogen) atoms. The summed E-state index contributed by atoms with van der Waals surface area (Å²) >= 11 is 5.09. The third-order valence-corrected chi connectivity index (χ3v) is 3.32. The molecule has 0 amide bonds. The summed E-state index contributed by atoms with van der Waals surface area (Å²) in [5, 5.41) is 6.56. The van der Waals surface area contributed by atoms with E-state index in [2.05, 4.69) is 15.2 Å². The van der Waals surface area contributed by atoms with Gasteiger partial charge in [-0.2, -0.15) is 18.3 Å². The number of aromatic amines is 1. The molecular weight excluding hydrogens is 313 g/mol. The lowest BCUT2D eigenvalue weighted by atomic mass is 10.1. The standard InChI is InChI=1S/C14H9F3N4S/c15-14(16,17)10-5-1-2-6-11(10)21-12(19-20-13(21)22)9-4-3-7-18-8-9/h1-8H,(H,20,22). The van der Waals surface area contributed by atoms with Gasteiger partial charge in [-0.1, -0.05) is 12.1 Å². The van der Waals surface area contributed by atoms with Gasteiger partial charge in [0.15, 0.2) is 10.6 Å². The van der Waals surface area contributed by atoms with Gasteiger partial charge in [-0.25, -0.2) is 0 Å². The van der Waals surface area contributed by atoms with Crippen molar-refractivity contribution in [2.24, 2.45) is 0 Å². The van der Waals surface area contributed by atoms with Gasteiger partial charge in [-0.3, -0.25) is 14.6 Å². The monoisotopic (exact) mass is 322 g/mol. The van der Waals surface area contributed by atoms with Crippen molar-refractivity contribution in [2.45, 2.75) is 6.18 Å². The number of para-hydroxylation sites is 1. The van der Waals surface area contributed by atoms with Crippen LogP contribution in [-0.2, 0) is 6.18 Å². The van der Waals surface area contributed by atoms with Crippen molar-refractivity contribution in [1.29, 1.82) is 0 Å². The third-order valence-electron chi connectivity index (χ3n) is 3.04. The zero-order valence-electron chi connectivity index (χ0n) is 11.0. The van der Waals surface area contributed by atoms with E-state index in [1.54, 1.807) is 18.3 Å². The Labute approximate surface area is 128 Å². The first-order chi connectivity index (χ1) is 10.5. The van der Waals surface area contributed by atoms with Crippen LogP contribution in [0.3, 0.4) is 0 Å². The largest absolute Gasteiger partial charge is 0.418 e. The number of hydrogen-bond acceptors (Lipinski definition) is 3. The molecule has 3 aromatic rings. The van der Waals surface area contributed by atoms with Crippen molar-refractivity contribution in [3.63, 3.8) is 0 Å². The Morgan fingerprint density at radius 2 is 1.86 bits per heavy atom. The highest BCUT2D eigenvalue weighted by molar-refractivity contribution is 7.71. The van der Waals surface area contributed by atoms with E-state index < -0.39 is 11.7 Å². The van der Waals surface area contributed by atoms with Gasteiger partial charge in [-0.05, 0) is 36.5 Å². The molecule has 0 bridgehead atoms. The minimum Gasteiger partial charge on any atom is -0.267 e. The number of aromatic nitrogens is 4. The molecule has 112 valence electrons. The summed E-state index contributed by atoms with van der Waals surface area (Å²) in [7, 11) is 0. The Morgan fingerprint density at radius 1 is 1.09 bits per heavy atom. The van der Waals surface area contributed by atoms with E-state index in [-0.39, 0.29) is 16.3 Å². The number of pyridine rings is 1. The van der Waals surface area contributed by atoms with Gasteiger partial charge < -0.3 is 0 Å². The maximum Gasteiger partial charge on any atom is 0.418 e. The number of alkyl halides is 3. The first kappa shape index (κ1) is 14.5. The lowest BCUT2D eigenvalue weighted by Gasteiger charge is -2.14. The predicted molar refractivity (Wildman–Crippen MR) is 77.0 cm³/mol. The zero-order chi connectivity index (χ0) is 15.7. The lowest BCUT2D eigenvalue weighted by molar-refractivity contribution is -0.137. The Bertz CT molecular complexity index is 852. The summed E-state index contributed by atoms with van der Waals surface area (Å²) in [6.07, 6.45) is -1.41. The van der Waals surface area contributed by atoms with Gasteiger partial charge in [0.1, 0.15) is 0 Å². The summed E-state index contributed by atoms with van der Waals surface area (Å²) in [6, 6.07) is 8.59. The highest BCUT2D eigenvalue weighted by Gasteiger charge is 2.34. The maximum atomic E-state index is 13.2. The fraction of sp³-hybridized carbons (Fsp3) is 0.0714. The normalized spacial score (nSPS) is 11.6. The number of rotatable bonds is 2. The van der Waals surface area contributed by atoms with Gasteiger partial charge in [0.05, 0.1) is 11.3 Å². The van der Waals surface area contributed by atoms with Crippen LogP contribution in [-0.4, -0.2) is 19.7 Å². The summed E-state index contributed by atoms with van der Waals surface area (Å²) in [6.45, 7) is 0. The molecule has 0 saturated carbocycles. The van der Waals surface area contributed by atoms with Crippen molar-refractivity contribution in [1.82, 2.24) is 19.7 Å². The molecule has 2 aromatic heterocycles. The maximum absolute atomic E-state index is 13.2. The highest BCUT2D eigenvalue weighted by atomic mass is 32.1. The predicted octanol–water partition coefficient (Wildman–Crippen LogP) is 4.01. The van der Waals surface area contributed by atoms with Gasteiger partial charge in [-0.15, -0.1) is 0 Å². The third kappa shape index (κ3) is 2.52. The van der Waals surface area contributed by atoms with Crippen LogP contribution in [0.2, 0.25) is 0 Å². The Morgan fingerprint density at radius 3 is 2.55 bits per heavy atom. The van der Waals surface area contributed by atoms with Crippen molar-refractivity contribution in [3.8, 4) is 17.1 Å². The molecule has 0 aliphatic heterocycles. The molecule has 0 atom stereocenters. The van der Waals surface area contributed by atoms with E-state index in [1.165, 1.54) is 29.0 Å². The van der Waals surface area contributed by atoms with Crippen LogP contribution in [0.15, 0.2) is 48.8 Å². The number of halogens is 3. The zero-order valence-corrected chi connectivity index (χ0v) is 11.8. The topological polar surface area (TPSA) is 46.5 Å². The molecular formula is C14H9F3N4S. The molecule has 0 radical (unpaired) electrons. The van der Waals surface area contributed by atoms with Crippen molar-refractivity contribution in [3.05, 3.63) is 59.1 Å². The summed E-state index contributed by atoms with van der Waals surface area (Å²) in [5.41, 5.74) is -0.294. The smallest absolute Gasteiger partial charge is 0.267 e. The van der Waals surface area contributed by atoms with Crippen LogP contribution in [0.25, 0.3) is 17.1 Å². The molecule has 0 spiro atoms. The molecule has 0 aliphatic carbocycles. The molecule has 0 fully saturated rings. The highest BCUT2D eigenvalue weighted by Crippen LogP contribution is 2.35. The Kier molecular flexibility index (Phi) is 3.53. The minimum absolute atomic E-state index is 0.0763. The van der Waals surface area contributed by atoms with Crippen molar-refractivity contribution < 1.29 is 13.2 Å². The summed E-state index contributed by atoms with van der Waals surface area (Å²) in [4.78, 5) is 3.95. The lowest BCUT2D eigenvalue weighted by Crippen LogP contribution is -2.11. The number of benzene rings is 1. The molecule has 2 heterocycles. The number of H-pyrrole nitrogens is 1. The second kappa shape index (κ2) is 5.38. The molecule has 0 unspecified atom stereocenters. The van der Waals surface area contributed by atoms with Crippen LogP contribution in [0, 0.1) is 4.77 Å². The van der Waals surface area contributed by atoms with E-state index >= 15 is 0 Å². The minimum atomic E-state index is -4.49. The fourth-order valence-electron chi connectivity index (χ4n) is 2.12. The molecule has 1 N–H and O–H groups in total. The average Bonchev–Trinajstić information content (AvgIpc) is 2.89. The first-order valence-corrected chi connectivity index (χ1v) is 6.64. The Hall–Kier alpha value is -2.48. The van der Waals surface area contributed by atoms with Crippen LogP contribution in [0.1, 0.15) is 5.56 Å². The molecule has 3 rings (SSSR count). The first-order valence-electron chi connectivity index (χ1n) is 6.23. The number of nitrogens with zero attached hydrogens (tertiary/aromatic N) is 3. The molecule has 1 aromatic carbocycles. The summed E-state index contributed by atoms with van der Waals surface area (Å²) < 4.78 is 41.0. The van der Waals surface area contributed by atoms with Crippen LogP contribution in [0.5, 0.6) is 0 Å². The number of nitrogens with one attached hydrogen (secondary N) is 1. The molecule has 0 saturated heterocycles. The van der Waals surface area contributed by atoms with Gasteiger partial charge in [0.25, 0.3) is 0 Å². The summed E-state index contributed by atoms with van der Waals surface area (Å²) in [5.74, 6) is 0.273. The molecule has 0 aliphatic rings. The van der Waals surface area contributed by atoms with Crippen LogP contribution in [0.4, 0.5) is 13.2 Å². The van der Waals surface area contributed by atoms with Gasteiger partial charge in [0, 0.05) is 18.0 Å². The number of hydrogen-bond donors (Lipinski definition) is 1. The second-order valence-electron chi connectivity index (χ2n) is 4.44. The van der Waals surface area contributed by atoms with Gasteiger partial charge >= 0.3 is 6.18 Å². The van der Waals surface area contributed by atoms with Crippen molar-refractivity contribution >= 4 is 12.2 Å². The fourth-order valence-corrected chi connectivity index (χ4v) is 2.35. The van der Waals surface area contributed by atoms with E-state index in [9.17, 15) is 13.2 Å².